The summed E-state index contributed by atoms with van der Waals surface area (Å²) in [5.41, 5.74) is 3.19. The molecule has 6 heteroatoms. The highest BCUT2D eigenvalue weighted by Gasteiger charge is 2.38. The van der Waals surface area contributed by atoms with Gasteiger partial charge in [0.15, 0.2) is 0 Å². The second kappa shape index (κ2) is 5.48. The molecule has 0 bridgehead atoms. The SMILES string of the molecule is CC(C)CN(C1CC1)S(=O)(=O)c1ccc(NN)cc1. The van der Waals surface area contributed by atoms with Crippen LogP contribution in [0.15, 0.2) is 29.2 Å². The summed E-state index contributed by atoms with van der Waals surface area (Å²) in [6.45, 7) is 4.64. The number of nitrogens with one attached hydrogen (secondary N) is 1. The highest BCUT2D eigenvalue weighted by molar-refractivity contribution is 7.89. The van der Waals surface area contributed by atoms with Crippen LogP contribution in [-0.2, 0) is 10.0 Å². The van der Waals surface area contributed by atoms with E-state index in [1.165, 1.54) is 0 Å². The van der Waals surface area contributed by atoms with Crippen LogP contribution in [0, 0.1) is 5.92 Å². The van der Waals surface area contributed by atoms with Crippen molar-refractivity contribution < 1.29 is 8.42 Å². The number of nitrogens with zero attached hydrogens (tertiary/aromatic N) is 1. The molecule has 0 aromatic heterocycles. The average molecular weight is 283 g/mol. The molecule has 106 valence electrons. The van der Waals surface area contributed by atoms with E-state index in [2.05, 4.69) is 5.43 Å². The molecule has 1 fully saturated rings. The second-order valence-corrected chi connectivity index (χ2v) is 7.26. The highest BCUT2D eigenvalue weighted by Crippen LogP contribution is 2.32. The minimum Gasteiger partial charge on any atom is -0.324 e. The summed E-state index contributed by atoms with van der Waals surface area (Å²) in [6, 6.07) is 6.72. The van der Waals surface area contributed by atoms with Gasteiger partial charge in [0.25, 0.3) is 0 Å². The molecule has 0 radical (unpaired) electrons. The first-order valence-corrected chi connectivity index (χ1v) is 7.97. The zero-order valence-corrected chi connectivity index (χ0v) is 12.2. The molecule has 0 unspecified atom stereocenters. The van der Waals surface area contributed by atoms with Crippen molar-refractivity contribution in [1.29, 1.82) is 0 Å². The van der Waals surface area contributed by atoms with Gasteiger partial charge in [0.2, 0.25) is 10.0 Å². The normalized spacial score (nSPS) is 16.1. The first-order valence-electron chi connectivity index (χ1n) is 6.53. The molecule has 5 nitrogen and oxygen atoms in total. The van der Waals surface area contributed by atoms with Gasteiger partial charge < -0.3 is 5.43 Å². The molecule has 19 heavy (non-hydrogen) atoms. The van der Waals surface area contributed by atoms with E-state index in [0.29, 0.717) is 23.0 Å². The van der Waals surface area contributed by atoms with E-state index in [4.69, 9.17) is 5.84 Å². The Labute approximate surface area is 114 Å². The summed E-state index contributed by atoms with van der Waals surface area (Å²) < 4.78 is 26.9. The number of rotatable bonds is 6. The number of hydrazine groups is 1. The average Bonchev–Trinajstić information content (AvgIpc) is 3.20. The number of nitrogen functional groups attached to an aromatic ring is 1. The fraction of sp³-hybridized carbons (Fsp3) is 0.538. The molecule has 3 N–H and O–H groups in total. The Bertz CT molecular complexity index is 521. The van der Waals surface area contributed by atoms with E-state index in [1.807, 2.05) is 13.8 Å². The van der Waals surface area contributed by atoms with Crippen LogP contribution in [-0.4, -0.2) is 25.3 Å². The summed E-state index contributed by atoms with van der Waals surface area (Å²) in [6.07, 6.45) is 1.93. The van der Waals surface area contributed by atoms with E-state index < -0.39 is 10.0 Å². The molecule has 1 aromatic carbocycles. The van der Waals surface area contributed by atoms with E-state index in [0.717, 1.165) is 12.8 Å². The maximum atomic E-state index is 12.6. The standard InChI is InChI=1S/C13H21N3O2S/c1-10(2)9-16(12-5-6-12)19(17,18)13-7-3-11(15-14)4-8-13/h3-4,7-8,10,12,15H,5-6,9,14H2,1-2H3. The molecule has 0 heterocycles. The van der Waals surface area contributed by atoms with Crippen molar-refractivity contribution in [3.63, 3.8) is 0 Å². The molecule has 0 amide bonds. The van der Waals surface area contributed by atoms with Crippen molar-refractivity contribution in [1.82, 2.24) is 4.31 Å². The summed E-state index contributed by atoms with van der Waals surface area (Å²) in [5.74, 6) is 5.60. The molecular weight excluding hydrogens is 262 g/mol. The Morgan fingerprint density at radius 1 is 1.32 bits per heavy atom. The van der Waals surface area contributed by atoms with Crippen molar-refractivity contribution in [3.05, 3.63) is 24.3 Å². The molecule has 0 saturated heterocycles. The first kappa shape index (κ1) is 14.3. The van der Waals surface area contributed by atoms with Crippen LogP contribution in [0.5, 0.6) is 0 Å². The predicted molar refractivity (Wildman–Crippen MR) is 76.0 cm³/mol. The van der Waals surface area contributed by atoms with E-state index in [9.17, 15) is 8.42 Å². The zero-order chi connectivity index (χ0) is 14.0. The smallest absolute Gasteiger partial charge is 0.243 e. The lowest BCUT2D eigenvalue weighted by Crippen LogP contribution is -2.36. The van der Waals surface area contributed by atoms with Gasteiger partial charge in [-0.05, 0) is 43.0 Å². The lowest BCUT2D eigenvalue weighted by Gasteiger charge is -2.23. The molecule has 1 aromatic rings. The van der Waals surface area contributed by atoms with Gasteiger partial charge in [0.1, 0.15) is 0 Å². The number of anilines is 1. The number of benzene rings is 1. The molecule has 1 aliphatic carbocycles. The number of hydrogen-bond donors (Lipinski definition) is 2. The molecule has 1 aliphatic rings. The summed E-state index contributed by atoms with van der Waals surface area (Å²) in [4.78, 5) is 0.332. The van der Waals surface area contributed by atoms with Gasteiger partial charge in [-0.3, -0.25) is 5.84 Å². The third-order valence-corrected chi connectivity index (χ3v) is 5.06. The van der Waals surface area contributed by atoms with Gasteiger partial charge >= 0.3 is 0 Å². The van der Waals surface area contributed by atoms with Crippen molar-refractivity contribution >= 4 is 15.7 Å². The van der Waals surface area contributed by atoms with Crippen LogP contribution in [0.3, 0.4) is 0 Å². The second-order valence-electron chi connectivity index (χ2n) is 5.37. The van der Waals surface area contributed by atoms with Crippen molar-refractivity contribution in [2.45, 2.75) is 37.6 Å². The first-order chi connectivity index (χ1) is 8.95. The molecule has 2 rings (SSSR count). The molecule has 1 saturated carbocycles. The van der Waals surface area contributed by atoms with Crippen LogP contribution in [0.4, 0.5) is 5.69 Å². The van der Waals surface area contributed by atoms with Crippen molar-refractivity contribution in [2.24, 2.45) is 11.8 Å². The highest BCUT2D eigenvalue weighted by atomic mass is 32.2. The fourth-order valence-electron chi connectivity index (χ4n) is 2.02. The summed E-state index contributed by atoms with van der Waals surface area (Å²) in [5, 5.41) is 0. The summed E-state index contributed by atoms with van der Waals surface area (Å²) >= 11 is 0. The Kier molecular flexibility index (Phi) is 4.13. The third-order valence-electron chi connectivity index (χ3n) is 3.13. The monoisotopic (exact) mass is 283 g/mol. The van der Waals surface area contributed by atoms with E-state index >= 15 is 0 Å². The van der Waals surface area contributed by atoms with Crippen LogP contribution >= 0.6 is 0 Å². The largest absolute Gasteiger partial charge is 0.324 e. The van der Waals surface area contributed by atoms with Crippen molar-refractivity contribution in [3.8, 4) is 0 Å². The topological polar surface area (TPSA) is 75.4 Å². The maximum absolute atomic E-state index is 12.6. The number of hydrogen-bond acceptors (Lipinski definition) is 4. The fourth-order valence-corrected chi connectivity index (χ4v) is 3.87. The Hall–Kier alpha value is -1.11. The minimum atomic E-state index is -3.39. The number of sulfonamides is 1. The van der Waals surface area contributed by atoms with Gasteiger partial charge in [-0.1, -0.05) is 13.8 Å². The van der Waals surface area contributed by atoms with Crippen molar-refractivity contribution in [2.75, 3.05) is 12.0 Å². The maximum Gasteiger partial charge on any atom is 0.243 e. The van der Waals surface area contributed by atoms with Gasteiger partial charge in [0, 0.05) is 18.3 Å². The summed E-state index contributed by atoms with van der Waals surface area (Å²) in [7, 11) is -3.39. The third kappa shape index (κ3) is 3.26. The van der Waals surface area contributed by atoms with E-state index in [1.54, 1.807) is 28.6 Å². The van der Waals surface area contributed by atoms with Crippen LogP contribution < -0.4 is 11.3 Å². The quantitative estimate of drug-likeness (QED) is 0.616. The van der Waals surface area contributed by atoms with Gasteiger partial charge in [-0.2, -0.15) is 4.31 Å². The molecular formula is C13H21N3O2S. The van der Waals surface area contributed by atoms with Gasteiger partial charge in [0.05, 0.1) is 4.90 Å². The molecule has 0 atom stereocenters. The lowest BCUT2D eigenvalue weighted by molar-refractivity contribution is 0.360. The number of nitrogens with two attached hydrogens (primary N) is 1. The van der Waals surface area contributed by atoms with E-state index in [-0.39, 0.29) is 6.04 Å². The Balaban J connectivity index is 2.27. The van der Waals surface area contributed by atoms with Crippen LogP contribution in [0.2, 0.25) is 0 Å². The Morgan fingerprint density at radius 2 is 1.89 bits per heavy atom. The van der Waals surface area contributed by atoms with Crippen LogP contribution in [0.1, 0.15) is 26.7 Å². The van der Waals surface area contributed by atoms with Crippen LogP contribution in [0.25, 0.3) is 0 Å². The Morgan fingerprint density at radius 3 is 2.32 bits per heavy atom. The lowest BCUT2D eigenvalue weighted by atomic mass is 10.2. The minimum absolute atomic E-state index is 0.180. The molecule has 0 aliphatic heterocycles. The van der Waals surface area contributed by atoms with Gasteiger partial charge in [-0.25, -0.2) is 8.42 Å². The zero-order valence-electron chi connectivity index (χ0n) is 11.3. The molecule has 0 spiro atoms. The predicted octanol–water partition coefficient (Wildman–Crippen LogP) is 1.78. The van der Waals surface area contributed by atoms with Gasteiger partial charge in [-0.15, -0.1) is 0 Å².